The van der Waals surface area contributed by atoms with Gasteiger partial charge in [0.1, 0.15) is 5.92 Å². The number of nitrogens with two attached hydrogens (primary N) is 1. The lowest BCUT2D eigenvalue weighted by molar-refractivity contribution is -0.124. The number of unbranched alkanes of at least 4 members (excludes halogenated alkanes) is 5. The minimum absolute atomic E-state index is 0.0143. The van der Waals surface area contributed by atoms with E-state index in [2.05, 4.69) is 17.4 Å². The Morgan fingerprint density at radius 3 is 2.32 bits per heavy atom. The summed E-state index contributed by atoms with van der Waals surface area (Å²) >= 11 is 0. The van der Waals surface area contributed by atoms with Gasteiger partial charge < -0.3 is 16.3 Å². The summed E-state index contributed by atoms with van der Waals surface area (Å²) in [5.74, 6) is -0.708. The number of nitrogens with zero attached hydrogens (tertiary/aromatic N) is 1. The van der Waals surface area contributed by atoms with Gasteiger partial charge in [0.05, 0.1) is 0 Å². The third kappa shape index (κ3) is 7.70. The standard InChI is InChI=1S/C14H29N3O2/c1-4-5-6-7-8-9-10-16-14(18)12(11(2)3)13(15)17-19/h11-12,19H,4-10H2,1-3H3,(H2,15,17)(H,16,18). The summed E-state index contributed by atoms with van der Waals surface area (Å²) < 4.78 is 0. The van der Waals surface area contributed by atoms with Crippen molar-refractivity contribution in [3.8, 4) is 0 Å². The summed E-state index contributed by atoms with van der Waals surface area (Å²) in [7, 11) is 0. The van der Waals surface area contributed by atoms with Crippen molar-refractivity contribution in [1.29, 1.82) is 0 Å². The predicted octanol–water partition coefficient (Wildman–Crippen LogP) is 2.48. The second-order valence-electron chi connectivity index (χ2n) is 5.31. The molecule has 0 aromatic carbocycles. The number of carbonyl (C=O) groups is 1. The molecule has 0 aliphatic heterocycles. The molecule has 1 amide bonds. The lowest BCUT2D eigenvalue weighted by Gasteiger charge is -2.18. The quantitative estimate of drug-likeness (QED) is 0.187. The molecule has 0 saturated heterocycles. The zero-order valence-electron chi connectivity index (χ0n) is 12.5. The minimum Gasteiger partial charge on any atom is -0.409 e. The zero-order valence-corrected chi connectivity index (χ0v) is 12.5. The molecule has 0 radical (unpaired) electrons. The minimum atomic E-state index is -0.551. The van der Waals surface area contributed by atoms with Gasteiger partial charge in [0.15, 0.2) is 5.84 Å². The highest BCUT2D eigenvalue weighted by Gasteiger charge is 2.26. The number of hydrogen-bond donors (Lipinski definition) is 3. The smallest absolute Gasteiger partial charge is 0.231 e. The Bertz CT molecular complexity index is 278. The number of nitrogens with one attached hydrogen (secondary N) is 1. The van der Waals surface area contributed by atoms with Gasteiger partial charge in [0.25, 0.3) is 0 Å². The number of hydrogen-bond acceptors (Lipinski definition) is 3. The van der Waals surface area contributed by atoms with E-state index in [1.807, 2.05) is 13.8 Å². The zero-order chi connectivity index (χ0) is 14.7. The third-order valence-corrected chi connectivity index (χ3v) is 3.21. The fraction of sp³-hybridized carbons (Fsp3) is 0.857. The van der Waals surface area contributed by atoms with Crippen LogP contribution in [0.3, 0.4) is 0 Å². The lowest BCUT2D eigenvalue weighted by Crippen LogP contribution is -2.42. The van der Waals surface area contributed by atoms with Gasteiger partial charge >= 0.3 is 0 Å². The lowest BCUT2D eigenvalue weighted by atomic mass is 9.94. The van der Waals surface area contributed by atoms with Gasteiger partial charge in [-0.15, -0.1) is 0 Å². The van der Waals surface area contributed by atoms with Gasteiger partial charge in [-0.05, 0) is 12.3 Å². The van der Waals surface area contributed by atoms with Crippen molar-refractivity contribution in [3.63, 3.8) is 0 Å². The van der Waals surface area contributed by atoms with Crippen LogP contribution in [-0.2, 0) is 4.79 Å². The van der Waals surface area contributed by atoms with Crippen LogP contribution in [0.15, 0.2) is 5.16 Å². The molecule has 0 aliphatic rings. The highest BCUT2D eigenvalue weighted by atomic mass is 16.4. The second-order valence-corrected chi connectivity index (χ2v) is 5.31. The van der Waals surface area contributed by atoms with E-state index in [9.17, 15) is 4.79 Å². The molecule has 0 heterocycles. The van der Waals surface area contributed by atoms with E-state index < -0.39 is 5.92 Å². The summed E-state index contributed by atoms with van der Waals surface area (Å²) in [4.78, 5) is 11.9. The molecule has 1 unspecified atom stereocenters. The van der Waals surface area contributed by atoms with Crippen LogP contribution < -0.4 is 11.1 Å². The summed E-state index contributed by atoms with van der Waals surface area (Å²) in [5.41, 5.74) is 5.54. The summed E-state index contributed by atoms with van der Waals surface area (Å²) in [6.45, 7) is 6.62. The van der Waals surface area contributed by atoms with Crippen molar-refractivity contribution >= 4 is 11.7 Å². The number of amides is 1. The Kier molecular flexibility index (Phi) is 9.94. The van der Waals surface area contributed by atoms with Gasteiger partial charge in [-0.2, -0.15) is 0 Å². The first-order chi connectivity index (χ1) is 9.04. The Morgan fingerprint density at radius 1 is 1.21 bits per heavy atom. The van der Waals surface area contributed by atoms with Gasteiger partial charge in [0.2, 0.25) is 5.91 Å². The first-order valence-electron chi connectivity index (χ1n) is 7.29. The Labute approximate surface area is 116 Å². The number of rotatable bonds is 10. The van der Waals surface area contributed by atoms with E-state index in [-0.39, 0.29) is 17.7 Å². The largest absolute Gasteiger partial charge is 0.409 e. The highest BCUT2D eigenvalue weighted by Crippen LogP contribution is 2.11. The van der Waals surface area contributed by atoms with E-state index in [1.165, 1.54) is 25.7 Å². The maximum Gasteiger partial charge on any atom is 0.231 e. The molecule has 0 aliphatic carbocycles. The van der Waals surface area contributed by atoms with Crippen LogP contribution in [0.25, 0.3) is 0 Å². The molecule has 5 heteroatoms. The molecule has 0 rings (SSSR count). The molecule has 0 bridgehead atoms. The van der Waals surface area contributed by atoms with Crippen LogP contribution >= 0.6 is 0 Å². The topological polar surface area (TPSA) is 87.7 Å². The maximum absolute atomic E-state index is 11.9. The van der Waals surface area contributed by atoms with Crippen LogP contribution in [0.5, 0.6) is 0 Å². The second kappa shape index (κ2) is 10.6. The first-order valence-corrected chi connectivity index (χ1v) is 7.29. The molecule has 112 valence electrons. The normalized spacial score (nSPS) is 13.6. The highest BCUT2D eigenvalue weighted by molar-refractivity contribution is 6.02. The first kappa shape index (κ1) is 17.7. The predicted molar refractivity (Wildman–Crippen MR) is 78.1 cm³/mol. The molecule has 1 atom stereocenters. The van der Waals surface area contributed by atoms with E-state index in [4.69, 9.17) is 10.9 Å². The molecule has 4 N–H and O–H groups in total. The average molecular weight is 271 g/mol. The van der Waals surface area contributed by atoms with Crippen molar-refractivity contribution in [3.05, 3.63) is 0 Å². The van der Waals surface area contributed by atoms with Crippen molar-refractivity contribution in [1.82, 2.24) is 5.32 Å². The van der Waals surface area contributed by atoms with Crippen LogP contribution in [0.2, 0.25) is 0 Å². The van der Waals surface area contributed by atoms with Crippen LogP contribution in [0.4, 0.5) is 0 Å². The van der Waals surface area contributed by atoms with Crippen molar-refractivity contribution in [2.75, 3.05) is 6.54 Å². The summed E-state index contributed by atoms with van der Waals surface area (Å²) in [6.07, 6.45) is 7.13. The van der Waals surface area contributed by atoms with Gasteiger partial charge in [-0.3, -0.25) is 4.79 Å². The molecule has 19 heavy (non-hydrogen) atoms. The van der Waals surface area contributed by atoms with Gasteiger partial charge in [-0.25, -0.2) is 0 Å². The van der Waals surface area contributed by atoms with Crippen molar-refractivity contribution in [2.45, 2.75) is 59.3 Å². The fourth-order valence-corrected chi connectivity index (χ4v) is 2.07. The molecular formula is C14H29N3O2. The molecule has 0 saturated carbocycles. The van der Waals surface area contributed by atoms with Crippen LogP contribution in [0, 0.1) is 11.8 Å². The van der Waals surface area contributed by atoms with Crippen LogP contribution in [-0.4, -0.2) is 23.5 Å². The Hall–Kier alpha value is -1.26. The molecule has 0 spiro atoms. The summed E-state index contributed by atoms with van der Waals surface area (Å²) in [6, 6.07) is 0. The summed E-state index contributed by atoms with van der Waals surface area (Å²) in [5, 5.41) is 14.5. The number of oxime groups is 1. The maximum atomic E-state index is 11.9. The van der Waals surface area contributed by atoms with Gasteiger partial charge in [-0.1, -0.05) is 58.0 Å². The van der Waals surface area contributed by atoms with Crippen LogP contribution in [0.1, 0.15) is 59.3 Å². The molecule has 0 aromatic heterocycles. The molecule has 0 aromatic rings. The van der Waals surface area contributed by atoms with E-state index in [0.29, 0.717) is 6.54 Å². The molecule has 0 fully saturated rings. The fourth-order valence-electron chi connectivity index (χ4n) is 2.07. The molecule has 5 nitrogen and oxygen atoms in total. The average Bonchev–Trinajstić information content (AvgIpc) is 2.37. The third-order valence-electron chi connectivity index (χ3n) is 3.21. The van der Waals surface area contributed by atoms with Gasteiger partial charge in [0, 0.05) is 6.54 Å². The van der Waals surface area contributed by atoms with Crippen molar-refractivity contribution < 1.29 is 10.0 Å². The van der Waals surface area contributed by atoms with Crippen molar-refractivity contribution in [2.24, 2.45) is 22.7 Å². The van der Waals surface area contributed by atoms with E-state index >= 15 is 0 Å². The Balaban J connectivity index is 3.89. The number of amidine groups is 1. The molecular weight excluding hydrogens is 242 g/mol. The van der Waals surface area contributed by atoms with E-state index in [1.54, 1.807) is 0 Å². The Morgan fingerprint density at radius 2 is 1.79 bits per heavy atom. The SMILES string of the molecule is CCCCCCCCNC(=O)C(C(N)=NO)C(C)C. The monoisotopic (exact) mass is 271 g/mol. The van der Waals surface area contributed by atoms with E-state index in [0.717, 1.165) is 12.8 Å². The number of carbonyl (C=O) groups excluding carboxylic acids is 1.